The van der Waals surface area contributed by atoms with Crippen molar-refractivity contribution >= 4 is 0 Å². The minimum absolute atomic E-state index is 0.198. The van der Waals surface area contributed by atoms with Crippen molar-refractivity contribution in [1.82, 2.24) is 4.90 Å². The van der Waals surface area contributed by atoms with Crippen LogP contribution in [0.1, 0.15) is 46.5 Å². The van der Waals surface area contributed by atoms with Crippen molar-refractivity contribution in [2.45, 2.75) is 46.5 Å². The first-order chi connectivity index (χ1) is 8.48. The van der Waals surface area contributed by atoms with Crippen LogP contribution in [0.15, 0.2) is 36.5 Å². The zero-order valence-electron chi connectivity index (χ0n) is 12.5. The van der Waals surface area contributed by atoms with Crippen LogP contribution < -0.4 is 0 Å². The molecule has 1 aliphatic heterocycles. The fraction of sp³-hybridized carbons (Fsp3) is 0.647. The van der Waals surface area contributed by atoms with Gasteiger partial charge >= 0.3 is 0 Å². The molecule has 0 aromatic rings. The molecule has 102 valence electrons. The van der Waals surface area contributed by atoms with Crippen LogP contribution >= 0.6 is 0 Å². The van der Waals surface area contributed by atoms with Crippen molar-refractivity contribution in [3.05, 3.63) is 36.5 Å². The first-order valence-electron chi connectivity index (χ1n) is 7.23. The van der Waals surface area contributed by atoms with E-state index in [0.717, 1.165) is 18.5 Å². The number of allylic oxidation sites excluding steroid dienone is 3. The average Bonchev–Trinajstić information content (AvgIpc) is 2.36. The van der Waals surface area contributed by atoms with Gasteiger partial charge < -0.3 is 4.90 Å². The molecule has 0 radical (unpaired) electrons. The second-order valence-corrected chi connectivity index (χ2v) is 5.96. The van der Waals surface area contributed by atoms with Gasteiger partial charge in [0.1, 0.15) is 0 Å². The van der Waals surface area contributed by atoms with Gasteiger partial charge in [-0.05, 0) is 44.8 Å². The highest BCUT2D eigenvalue weighted by Crippen LogP contribution is 2.32. The lowest BCUT2D eigenvalue weighted by Crippen LogP contribution is -2.39. The van der Waals surface area contributed by atoms with Crippen LogP contribution in [0.4, 0.5) is 0 Å². The summed E-state index contributed by atoms with van der Waals surface area (Å²) in [6, 6.07) is 0. The van der Waals surface area contributed by atoms with E-state index in [-0.39, 0.29) is 5.41 Å². The summed E-state index contributed by atoms with van der Waals surface area (Å²) in [4.78, 5) is 2.60. The Morgan fingerprint density at radius 1 is 1.17 bits per heavy atom. The molecule has 0 saturated carbocycles. The summed E-state index contributed by atoms with van der Waals surface area (Å²) >= 11 is 0. The SMILES string of the molecule is C=C(C)/C=C\C(=C)C(C)(CC)CN1CCCCC1. The Bertz CT molecular complexity index is 321. The molecule has 0 bridgehead atoms. The molecule has 1 unspecified atom stereocenters. The number of likely N-dealkylation sites (tertiary alicyclic amines) is 1. The molecule has 0 amide bonds. The Morgan fingerprint density at radius 3 is 2.28 bits per heavy atom. The largest absolute Gasteiger partial charge is 0.302 e. The molecule has 1 rings (SSSR count). The van der Waals surface area contributed by atoms with Gasteiger partial charge in [0.25, 0.3) is 0 Å². The molecule has 18 heavy (non-hydrogen) atoms. The summed E-state index contributed by atoms with van der Waals surface area (Å²) in [5.74, 6) is 0. The molecule has 1 nitrogen and oxygen atoms in total. The van der Waals surface area contributed by atoms with E-state index in [1.165, 1.54) is 37.9 Å². The second-order valence-electron chi connectivity index (χ2n) is 5.96. The highest BCUT2D eigenvalue weighted by atomic mass is 15.1. The van der Waals surface area contributed by atoms with E-state index in [4.69, 9.17) is 0 Å². The van der Waals surface area contributed by atoms with Crippen molar-refractivity contribution in [3.8, 4) is 0 Å². The first kappa shape index (κ1) is 15.2. The molecular weight excluding hydrogens is 218 g/mol. The monoisotopic (exact) mass is 247 g/mol. The minimum atomic E-state index is 0.198. The maximum Gasteiger partial charge on any atom is 0.00756 e. The lowest BCUT2D eigenvalue weighted by Gasteiger charge is -2.37. The fourth-order valence-corrected chi connectivity index (χ4v) is 2.50. The summed E-state index contributed by atoms with van der Waals surface area (Å²) in [5.41, 5.74) is 2.52. The van der Waals surface area contributed by atoms with Crippen LogP contribution in [0, 0.1) is 5.41 Å². The van der Waals surface area contributed by atoms with Crippen LogP contribution in [0.5, 0.6) is 0 Å². The molecule has 1 heterocycles. The first-order valence-corrected chi connectivity index (χ1v) is 7.23. The van der Waals surface area contributed by atoms with Crippen molar-refractivity contribution in [1.29, 1.82) is 0 Å². The smallest absolute Gasteiger partial charge is 0.00756 e. The molecule has 0 aliphatic carbocycles. The number of piperidine rings is 1. The van der Waals surface area contributed by atoms with Crippen LogP contribution in [-0.2, 0) is 0 Å². The summed E-state index contributed by atoms with van der Waals surface area (Å²) in [7, 11) is 0. The summed E-state index contributed by atoms with van der Waals surface area (Å²) in [6.07, 6.45) is 9.47. The third kappa shape index (κ3) is 4.45. The Balaban J connectivity index is 2.65. The van der Waals surface area contributed by atoms with Gasteiger partial charge in [0.15, 0.2) is 0 Å². The van der Waals surface area contributed by atoms with Crippen LogP contribution in [0.25, 0.3) is 0 Å². The molecule has 1 aliphatic rings. The highest BCUT2D eigenvalue weighted by molar-refractivity contribution is 5.28. The van der Waals surface area contributed by atoms with Crippen molar-refractivity contribution in [2.24, 2.45) is 5.41 Å². The average molecular weight is 247 g/mol. The lowest BCUT2D eigenvalue weighted by molar-refractivity contribution is 0.162. The van der Waals surface area contributed by atoms with Gasteiger partial charge in [-0.2, -0.15) is 0 Å². The summed E-state index contributed by atoms with van der Waals surface area (Å²) in [6.45, 7) is 18.5. The third-order valence-corrected chi connectivity index (χ3v) is 4.15. The Labute approximate surface area is 113 Å². The van der Waals surface area contributed by atoms with Gasteiger partial charge in [-0.25, -0.2) is 0 Å². The fourth-order valence-electron chi connectivity index (χ4n) is 2.50. The second kappa shape index (κ2) is 6.94. The molecule has 1 atom stereocenters. The standard InChI is InChI=1S/C17H29N/c1-6-17(5,16(4)11-10-15(2)3)14-18-12-8-7-9-13-18/h10-11H,2,4,6-9,12-14H2,1,3,5H3/b11-10-. The van der Waals surface area contributed by atoms with E-state index in [2.05, 4.69) is 44.1 Å². The molecule has 0 N–H and O–H groups in total. The van der Waals surface area contributed by atoms with Crippen LogP contribution in [0.3, 0.4) is 0 Å². The van der Waals surface area contributed by atoms with E-state index in [1.54, 1.807) is 0 Å². The topological polar surface area (TPSA) is 3.24 Å². The maximum absolute atomic E-state index is 4.28. The third-order valence-electron chi connectivity index (χ3n) is 4.15. The predicted octanol–water partition coefficient (Wildman–Crippen LogP) is 4.58. The van der Waals surface area contributed by atoms with Gasteiger partial charge in [-0.1, -0.05) is 51.2 Å². The van der Waals surface area contributed by atoms with E-state index in [9.17, 15) is 0 Å². The van der Waals surface area contributed by atoms with E-state index in [0.29, 0.717) is 0 Å². The van der Waals surface area contributed by atoms with Gasteiger partial charge in [0.05, 0.1) is 0 Å². The van der Waals surface area contributed by atoms with Crippen molar-refractivity contribution < 1.29 is 0 Å². The molecule has 0 aromatic heterocycles. The minimum Gasteiger partial charge on any atom is -0.302 e. The number of hydrogen-bond donors (Lipinski definition) is 0. The Morgan fingerprint density at radius 2 is 1.78 bits per heavy atom. The van der Waals surface area contributed by atoms with E-state index < -0.39 is 0 Å². The number of hydrogen-bond acceptors (Lipinski definition) is 1. The van der Waals surface area contributed by atoms with Crippen LogP contribution in [-0.4, -0.2) is 24.5 Å². The zero-order chi connectivity index (χ0) is 13.6. The predicted molar refractivity (Wildman–Crippen MR) is 81.8 cm³/mol. The van der Waals surface area contributed by atoms with E-state index >= 15 is 0 Å². The molecule has 0 aromatic carbocycles. The molecule has 0 spiro atoms. The van der Waals surface area contributed by atoms with Gasteiger partial charge in [-0.15, -0.1) is 0 Å². The van der Waals surface area contributed by atoms with Gasteiger partial charge in [0, 0.05) is 12.0 Å². The van der Waals surface area contributed by atoms with Gasteiger partial charge in [0.2, 0.25) is 0 Å². The molecule has 1 fully saturated rings. The number of nitrogens with zero attached hydrogens (tertiary/aromatic N) is 1. The summed E-state index contributed by atoms with van der Waals surface area (Å²) in [5, 5.41) is 0. The Hall–Kier alpha value is -0.820. The lowest BCUT2D eigenvalue weighted by atomic mass is 9.79. The van der Waals surface area contributed by atoms with Crippen molar-refractivity contribution in [2.75, 3.05) is 19.6 Å². The zero-order valence-corrected chi connectivity index (χ0v) is 12.5. The van der Waals surface area contributed by atoms with Crippen LogP contribution in [0.2, 0.25) is 0 Å². The van der Waals surface area contributed by atoms with Gasteiger partial charge in [-0.3, -0.25) is 0 Å². The molecule has 1 saturated heterocycles. The quantitative estimate of drug-likeness (QED) is 0.621. The normalized spacial score (nSPS) is 20.8. The Kier molecular flexibility index (Phi) is 5.87. The van der Waals surface area contributed by atoms with E-state index in [1.807, 2.05) is 6.92 Å². The van der Waals surface area contributed by atoms with Crippen molar-refractivity contribution in [3.63, 3.8) is 0 Å². The molecular formula is C17H29N. The number of rotatable bonds is 6. The maximum atomic E-state index is 4.28. The molecule has 1 heteroatoms. The summed E-state index contributed by atoms with van der Waals surface area (Å²) < 4.78 is 0. The highest BCUT2D eigenvalue weighted by Gasteiger charge is 2.27.